The van der Waals surface area contributed by atoms with Gasteiger partial charge in [-0.05, 0) is 24.0 Å². The van der Waals surface area contributed by atoms with Crippen LogP contribution < -0.4 is 5.56 Å². The van der Waals surface area contributed by atoms with Crippen LogP contribution in [-0.2, 0) is 11.2 Å². The van der Waals surface area contributed by atoms with Crippen molar-refractivity contribution in [2.45, 2.75) is 32.5 Å². The minimum absolute atomic E-state index is 0.354. The van der Waals surface area contributed by atoms with Gasteiger partial charge in [0.25, 0.3) is 5.56 Å². The molecule has 0 aliphatic carbocycles. The molecule has 1 aromatic rings. The largest absolute Gasteiger partial charge is 0.480 e. The highest BCUT2D eigenvalue weighted by Gasteiger charge is 2.27. The van der Waals surface area contributed by atoms with Crippen LogP contribution in [0.5, 0.6) is 0 Å². The fourth-order valence-electron chi connectivity index (χ4n) is 2.67. The molecule has 1 atom stereocenters. The molecule has 0 aromatic carbocycles. The number of alkyl halides is 1. The third-order valence-corrected chi connectivity index (χ3v) is 3.87. The minimum Gasteiger partial charge on any atom is -0.480 e. The van der Waals surface area contributed by atoms with Crippen LogP contribution in [0.3, 0.4) is 0 Å². The zero-order valence-electron chi connectivity index (χ0n) is 12.6. The Morgan fingerprint density at radius 3 is 2.59 bits per heavy atom. The SMILES string of the molecule is CC(C)C(C(=O)O)n1cc(CCN2CC(F)C2)cc(F)c1=O. The van der Waals surface area contributed by atoms with Crippen LogP contribution in [0.25, 0.3) is 0 Å². The number of aliphatic carboxylic acids is 1. The summed E-state index contributed by atoms with van der Waals surface area (Å²) < 4.78 is 27.5. The van der Waals surface area contributed by atoms with Gasteiger partial charge in [-0.3, -0.25) is 14.3 Å². The first kappa shape index (κ1) is 16.6. The predicted molar refractivity (Wildman–Crippen MR) is 77.2 cm³/mol. The molecule has 2 heterocycles. The van der Waals surface area contributed by atoms with Crippen LogP contribution in [-0.4, -0.2) is 46.3 Å². The number of carbonyl (C=O) groups is 1. The molecule has 0 spiro atoms. The monoisotopic (exact) mass is 314 g/mol. The van der Waals surface area contributed by atoms with Crippen molar-refractivity contribution in [2.75, 3.05) is 19.6 Å². The number of hydrogen-bond acceptors (Lipinski definition) is 3. The molecule has 1 saturated heterocycles. The summed E-state index contributed by atoms with van der Waals surface area (Å²) in [5.41, 5.74) is -0.399. The highest BCUT2D eigenvalue weighted by atomic mass is 19.1. The molecule has 1 aliphatic heterocycles. The average Bonchev–Trinajstić information content (AvgIpc) is 2.38. The average molecular weight is 314 g/mol. The summed E-state index contributed by atoms with van der Waals surface area (Å²) in [6.07, 6.45) is 1.04. The molecule has 1 unspecified atom stereocenters. The second kappa shape index (κ2) is 6.56. The van der Waals surface area contributed by atoms with E-state index in [1.54, 1.807) is 13.8 Å². The molecule has 2 rings (SSSR count). The molecule has 1 N–H and O–H groups in total. The van der Waals surface area contributed by atoms with Crippen molar-refractivity contribution in [3.8, 4) is 0 Å². The first-order valence-electron chi connectivity index (χ1n) is 7.29. The lowest BCUT2D eigenvalue weighted by Crippen LogP contribution is -2.49. The number of halogens is 2. The number of hydrogen-bond donors (Lipinski definition) is 1. The van der Waals surface area contributed by atoms with Crippen molar-refractivity contribution in [1.82, 2.24) is 9.47 Å². The zero-order valence-corrected chi connectivity index (χ0v) is 12.6. The van der Waals surface area contributed by atoms with E-state index in [1.165, 1.54) is 6.20 Å². The van der Waals surface area contributed by atoms with Gasteiger partial charge in [0.2, 0.25) is 0 Å². The van der Waals surface area contributed by atoms with Gasteiger partial charge in [0.1, 0.15) is 12.2 Å². The minimum atomic E-state index is -1.17. The first-order valence-corrected chi connectivity index (χ1v) is 7.29. The van der Waals surface area contributed by atoms with Crippen molar-refractivity contribution >= 4 is 5.97 Å². The molecule has 0 bridgehead atoms. The van der Waals surface area contributed by atoms with Gasteiger partial charge in [-0.2, -0.15) is 0 Å². The Morgan fingerprint density at radius 2 is 2.09 bits per heavy atom. The van der Waals surface area contributed by atoms with Crippen LogP contribution in [0, 0.1) is 11.7 Å². The molecule has 22 heavy (non-hydrogen) atoms. The molecule has 1 fully saturated rings. The van der Waals surface area contributed by atoms with Crippen LogP contribution in [0.2, 0.25) is 0 Å². The summed E-state index contributed by atoms with van der Waals surface area (Å²) >= 11 is 0. The summed E-state index contributed by atoms with van der Waals surface area (Å²) in [5, 5.41) is 9.27. The van der Waals surface area contributed by atoms with Crippen LogP contribution in [0.4, 0.5) is 8.78 Å². The number of nitrogens with zero attached hydrogens (tertiary/aromatic N) is 2. The summed E-state index contributed by atoms with van der Waals surface area (Å²) in [7, 11) is 0. The normalized spacial score (nSPS) is 17.5. The zero-order chi connectivity index (χ0) is 16.4. The second-order valence-corrected chi connectivity index (χ2v) is 6.04. The maximum atomic E-state index is 13.8. The first-order chi connectivity index (χ1) is 10.3. The number of aromatic nitrogens is 1. The summed E-state index contributed by atoms with van der Waals surface area (Å²) in [6.45, 7) is 4.61. The Balaban J connectivity index is 2.22. The number of rotatable bonds is 6. The van der Waals surface area contributed by atoms with Crippen molar-refractivity contribution in [1.29, 1.82) is 0 Å². The maximum Gasteiger partial charge on any atom is 0.327 e. The molecule has 0 saturated carbocycles. The Labute approximate surface area is 127 Å². The molecule has 1 aromatic heterocycles. The Kier molecular flexibility index (Phi) is 4.95. The Hall–Kier alpha value is -1.76. The molecule has 0 amide bonds. The topological polar surface area (TPSA) is 62.5 Å². The lowest BCUT2D eigenvalue weighted by atomic mass is 10.0. The van der Waals surface area contributed by atoms with Gasteiger partial charge >= 0.3 is 5.97 Å². The van der Waals surface area contributed by atoms with E-state index in [2.05, 4.69) is 0 Å². The van der Waals surface area contributed by atoms with Gasteiger partial charge in [-0.1, -0.05) is 13.8 Å². The summed E-state index contributed by atoms with van der Waals surface area (Å²) in [4.78, 5) is 25.1. The standard InChI is InChI=1S/C15H20F2N2O3/c1-9(2)13(15(21)22)19-6-10(5-12(17)14(19)20)3-4-18-7-11(16)8-18/h5-6,9,11,13H,3-4,7-8H2,1-2H3,(H,21,22). The van der Waals surface area contributed by atoms with E-state index < -0.39 is 29.6 Å². The molecule has 7 heteroatoms. The number of carboxylic acid groups (broad SMARTS) is 1. The molecule has 1 aliphatic rings. The number of pyridine rings is 1. The van der Waals surface area contributed by atoms with E-state index >= 15 is 0 Å². The fourth-order valence-corrected chi connectivity index (χ4v) is 2.67. The van der Waals surface area contributed by atoms with Gasteiger partial charge in [0.15, 0.2) is 5.82 Å². The third kappa shape index (κ3) is 3.52. The van der Waals surface area contributed by atoms with Gasteiger partial charge in [-0.25, -0.2) is 13.6 Å². The quantitative estimate of drug-likeness (QED) is 0.863. The fraction of sp³-hybridized carbons (Fsp3) is 0.600. The molecule has 5 nitrogen and oxygen atoms in total. The number of carboxylic acids is 1. The van der Waals surface area contributed by atoms with Gasteiger partial charge in [-0.15, -0.1) is 0 Å². The van der Waals surface area contributed by atoms with E-state index in [4.69, 9.17) is 0 Å². The highest BCUT2D eigenvalue weighted by molar-refractivity contribution is 5.72. The Morgan fingerprint density at radius 1 is 1.45 bits per heavy atom. The van der Waals surface area contributed by atoms with Crippen molar-refractivity contribution in [2.24, 2.45) is 5.92 Å². The second-order valence-electron chi connectivity index (χ2n) is 6.04. The number of likely N-dealkylation sites (tertiary alicyclic amines) is 1. The van der Waals surface area contributed by atoms with E-state index in [1.807, 2.05) is 4.90 Å². The summed E-state index contributed by atoms with van der Waals surface area (Å²) in [6, 6.07) is 0.0197. The van der Waals surface area contributed by atoms with Crippen LogP contribution in [0.1, 0.15) is 25.5 Å². The lowest BCUT2D eigenvalue weighted by molar-refractivity contribution is -0.142. The van der Waals surface area contributed by atoms with Crippen LogP contribution in [0.15, 0.2) is 17.1 Å². The molecule has 0 radical (unpaired) electrons. The van der Waals surface area contributed by atoms with Crippen LogP contribution >= 0.6 is 0 Å². The van der Waals surface area contributed by atoms with E-state index in [9.17, 15) is 23.5 Å². The smallest absolute Gasteiger partial charge is 0.327 e. The Bertz CT molecular complexity index is 609. The van der Waals surface area contributed by atoms with Gasteiger partial charge < -0.3 is 5.11 Å². The highest BCUT2D eigenvalue weighted by Crippen LogP contribution is 2.18. The lowest BCUT2D eigenvalue weighted by Gasteiger charge is -2.34. The van der Waals surface area contributed by atoms with E-state index in [-0.39, 0.29) is 5.92 Å². The molecule has 122 valence electrons. The predicted octanol–water partition coefficient (Wildman–Crippen LogP) is 1.47. The van der Waals surface area contributed by atoms with Crippen molar-refractivity contribution in [3.05, 3.63) is 34.0 Å². The molecular weight excluding hydrogens is 294 g/mol. The summed E-state index contributed by atoms with van der Waals surface area (Å²) in [5.74, 6) is -2.49. The van der Waals surface area contributed by atoms with Crippen molar-refractivity contribution < 1.29 is 18.7 Å². The van der Waals surface area contributed by atoms with Gasteiger partial charge in [0, 0.05) is 25.8 Å². The van der Waals surface area contributed by atoms with E-state index in [0.717, 1.165) is 10.6 Å². The molecular formula is C15H20F2N2O3. The maximum absolute atomic E-state index is 13.8. The van der Waals surface area contributed by atoms with E-state index in [0.29, 0.717) is 31.6 Å². The third-order valence-electron chi connectivity index (χ3n) is 3.87. The van der Waals surface area contributed by atoms with Gasteiger partial charge in [0.05, 0.1) is 0 Å². The van der Waals surface area contributed by atoms with Crippen molar-refractivity contribution in [3.63, 3.8) is 0 Å².